The van der Waals surface area contributed by atoms with Crippen molar-refractivity contribution in [3.05, 3.63) is 77.9 Å². The number of benzene rings is 1. The van der Waals surface area contributed by atoms with Gasteiger partial charge in [-0.2, -0.15) is 0 Å². The number of carbonyl (C=O) groups is 1. The van der Waals surface area contributed by atoms with Crippen molar-refractivity contribution in [1.29, 1.82) is 0 Å². The van der Waals surface area contributed by atoms with E-state index < -0.39 is 0 Å². The van der Waals surface area contributed by atoms with Gasteiger partial charge in [0, 0.05) is 56.0 Å². The Balaban J connectivity index is 1.33. The Hall–Kier alpha value is -3.12. The lowest BCUT2D eigenvalue weighted by Crippen LogP contribution is -2.43. The normalized spacial score (nSPS) is 14.9. The topological polar surface area (TPSA) is 71.0 Å². The van der Waals surface area contributed by atoms with Crippen LogP contribution in [0.15, 0.2) is 61.2 Å². The first-order valence-electron chi connectivity index (χ1n) is 9.51. The van der Waals surface area contributed by atoms with Crippen LogP contribution in [0.3, 0.4) is 0 Å². The third-order valence-corrected chi connectivity index (χ3v) is 4.95. The molecule has 0 spiro atoms. The molecular formula is C22H23N5O. The van der Waals surface area contributed by atoms with Gasteiger partial charge < -0.3 is 5.32 Å². The summed E-state index contributed by atoms with van der Waals surface area (Å²) in [5, 5.41) is 3.05. The third-order valence-electron chi connectivity index (χ3n) is 4.95. The van der Waals surface area contributed by atoms with Gasteiger partial charge in [-0.05, 0) is 36.6 Å². The van der Waals surface area contributed by atoms with E-state index in [2.05, 4.69) is 49.4 Å². The van der Waals surface area contributed by atoms with Crippen LogP contribution in [0.5, 0.6) is 0 Å². The van der Waals surface area contributed by atoms with Gasteiger partial charge in [0.05, 0.1) is 5.56 Å². The second-order valence-corrected chi connectivity index (χ2v) is 7.17. The molecule has 6 heteroatoms. The van der Waals surface area contributed by atoms with Gasteiger partial charge in [-0.25, -0.2) is 9.97 Å². The van der Waals surface area contributed by atoms with E-state index in [1.165, 1.54) is 11.1 Å². The molecule has 3 aromatic rings. The fourth-order valence-corrected chi connectivity index (χ4v) is 3.54. The lowest BCUT2D eigenvalue weighted by molar-refractivity contribution is 0.0926. The predicted molar refractivity (Wildman–Crippen MR) is 108 cm³/mol. The maximum Gasteiger partial charge on any atom is 0.254 e. The molecule has 0 bridgehead atoms. The maximum atomic E-state index is 12.5. The summed E-state index contributed by atoms with van der Waals surface area (Å²) in [6.45, 7) is 4.79. The van der Waals surface area contributed by atoms with E-state index in [0.717, 1.165) is 31.6 Å². The third kappa shape index (κ3) is 4.23. The molecule has 6 nitrogen and oxygen atoms in total. The summed E-state index contributed by atoms with van der Waals surface area (Å²) >= 11 is 0. The minimum atomic E-state index is -0.150. The highest BCUT2D eigenvalue weighted by Crippen LogP contribution is 2.18. The zero-order valence-electron chi connectivity index (χ0n) is 15.9. The van der Waals surface area contributed by atoms with Crippen molar-refractivity contribution in [3.8, 4) is 11.4 Å². The van der Waals surface area contributed by atoms with E-state index in [0.29, 0.717) is 11.4 Å². The van der Waals surface area contributed by atoms with Gasteiger partial charge in [0.1, 0.15) is 0 Å². The summed E-state index contributed by atoms with van der Waals surface area (Å²) < 4.78 is 0. The molecule has 1 amide bonds. The first-order chi connectivity index (χ1) is 13.7. The van der Waals surface area contributed by atoms with Gasteiger partial charge in [-0.15, -0.1) is 0 Å². The summed E-state index contributed by atoms with van der Waals surface area (Å²) in [7, 11) is 0. The van der Waals surface area contributed by atoms with Crippen molar-refractivity contribution in [2.45, 2.75) is 25.9 Å². The highest BCUT2D eigenvalue weighted by Gasteiger charge is 2.19. The maximum absolute atomic E-state index is 12.5. The fraction of sp³-hybridized carbons (Fsp3) is 0.273. The zero-order chi connectivity index (χ0) is 19.3. The Morgan fingerprint density at radius 3 is 2.64 bits per heavy atom. The summed E-state index contributed by atoms with van der Waals surface area (Å²) in [6, 6.07) is 12.3. The van der Waals surface area contributed by atoms with Crippen molar-refractivity contribution < 1.29 is 4.79 Å². The molecule has 1 atom stereocenters. The molecule has 0 saturated carbocycles. The van der Waals surface area contributed by atoms with E-state index >= 15 is 0 Å². The van der Waals surface area contributed by atoms with E-state index in [-0.39, 0.29) is 11.9 Å². The number of nitrogens with zero attached hydrogens (tertiary/aromatic N) is 4. The van der Waals surface area contributed by atoms with E-state index in [4.69, 9.17) is 0 Å². The average molecular weight is 373 g/mol. The van der Waals surface area contributed by atoms with Crippen LogP contribution in [-0.4, -0.2) is 44.9 Å². The minimum absolute atomic E-state index is 0.0377. The Morgan fingerprint density at radius 1 is 1.11 bits per heavy atom. The molecule has 1 aliphatic rings. The molecular weight excluding hydrogens is 350 g/mol. The molecule has 0 radical (unpaired) electrons. The standard InChI is InChI=1S/C22H23N5O/c1-16(14-27-10-8-17-5-2-3-6-19(17)15-27)26-22(28)20-12-24-21(25-13-20)18-7-4-9-23-11-18/h2-7,9,11-13,16H,8,10,14-15H2,1H3,(H,26,28). The fourth-order valence-electron chi connectivity index (χ4n) is 3.54. The molecule has 3 heterocycles. The van der Waals surface area contributed by atoms with Crippen molar-refractivity contribution in [3.63, 3.8) is 0 Å². The monoisotopic (exact) mass is 373 g/mol. The Labute approximate surface area is 164 Å². The summed E-state index contributed by atoms with van der Waals surface area (Å²) in [5.74, 6) is 0.410. The van der Waals surface area contributed by atoms with Gasteiger partial charge in [-0.1, -0.05) is 24.3 Å². The van der Waals surface area contributed by atoms with Crippen LogP contribution in [0.2, 0.25) is 0 Å². The molecule has 1 unspecified atom stereocenters. The number of carbonyl (C=O) groups excluding carboxylic acids is 1. The Kier molecular flexibility index (Phi) is 5.39. The number of nitrogens with one attached hydrogen (secondary N) is 1. The minimum Gasteiger partial charge on any atom is -0.348 e. The second-order valence-electron chi connectivity index (χ2n) is 7.17. The van der Waals surface area contributed by atoms with Crippen molar-refractivity contribution in [2.75, 3.05) is 13.1 Å². The molecule has 0 aliphatic carbocycles. The van der Waals surface area contributed by atoms with E-state index in [9.17, 15) is 4.79 Å². The highest BCUT2D eigenvalue weighted by atomic mass is 16.1. The van der Waals surface area contributed by atoms with Gasteiger partial charge in [0.15, 0.2) is 5.82 Å². The van der Waals surface area contributed by atoms with Gasteiger partial charge in [-0.3, -0.25) is 14.7 Å². The van der Waals surface area contributed by atoms with Crippen LogP contribution in [0.1, 0.15) is 28.4 Å². The molecule has 0 fully saturated rings. The van der Waals surface area contributed by atoms with Crippen LogP contribution < -0.4 is 5.32 Å². The van der Waals surface area contributed by atoms with Crippen LogP contribution in [0.25, 0.3) is 11.4 Å². The number of hydrogen-bond donors (Lipinski definition) is 1. The highest BCUT2D eigenvalue weighted by molar-refractivity contribution is 5.93. The summed E-state index contributed by atoms with van der Waals surface area (Å²) in [4.78, 5) is 27.6. The van der Waals surface area contributed by atoms with E-state index in [1.54, 1.807) is 24.8 Å². The average Bonchev–Trinajstić information content (AvgIpc) is 2.74. The number of rotatable bonds is 5. The zero-order valence-corrected chi connectivity index (χ0v) is 15.9. The number of fused-ring (bicyclic) bond motifs is 1. The lowest BCUT2D eigenvalue weighted by atomic mass is 10.00. The van der Waals surface area contributed by atoms with Crippen LogP contribution in [-0.2, 0) is 13.0 Å². The first-order valence-corrected chi connectivity index (χ1v) is 9.51. The molecule has 2 aromatic heterocycles. The van der Waals surface area contributed by atoms with Gasteiger partial charge in [0.2, 0.25) is 0 Å². The quantitative estimate of drug-likeness (QED) is 0.745. The van der Waals surface area contributed by atoms with Gasteiger partial charge in [0.25, 0.3) is 5.91 Å². The number of aromatic nitrogens is 3. The van der Waals surface area contributed by atoms with Crippen LogP contribution in [0, 0.1) is 0 Å². The van der Waals surface area contributed by atoms with Crippen molar-refractivity contribution in [2.24, 2.45) is 0 Å². The lowest BCUT2D eigenvalue weighted by Gasteiger charge is -2.31. The van der Waals surface area contributed by atoms with Crippen molar-refractivity contribution in [1.82, 2.24) is 25.2 Å². The molecule has 1 aliphatic heterocycles. The number of hydrogen-bond acceptors (Lipinski definition) is 5. The molecule has 0 saturated heterocycles. The smallest absolute Gasteiger partial charge is 0.254 e. The Bertz CT molecular complexity index is 943. The summed E-state index contributed by atoms with van der Waals surface area (Å²) in [5.41, 5.74) is 4.10. The van der Waals surface area contributed by atoms with Crippen molar-refractivity contribution >= 4 is 5.91 Å². The molecule has 1 N–H and O–H groups in total. The Morgan fingerprint density at radius 2 is 1.89 bits per heavy atom. The molecule has 4 rings (SSSR count). The predicted octanol–water partition coefficient (Wildman–Crippen LogP) is 2.72. The molecule has 28 heavy (non-hydrogen) atoms. The van der Waals surface area contributed by atoms with Crippen LogP contribution >= 0.6 is 0 Å². The molecule has 142 valence electrons. The molecule has 1 aromatic carbocycles. The second kappa shape index (κ2) is 8.27. The largest absolute Gasteiger partial charge is 0.348 e. The summed E-state index contributed by atoms with van der Waals surface area (Å²) in [6.07, 6.45) is 7.59. The van der Waals surface area contributed by atoms with Crippen LogP contribution in [0.4, 0.5) is 0 Å². The van der Waals surface area contributed by atoms with Gasteiger partial charge >= 0.3 is 0 Å². The SMILES string of the molecule is CC(CN1CCc2ccccc2C1)NC(=O)c1cnc(-c2cccnc2)nc1. The van der Waals surface area contributed by atoms with E-state index in [1.807, 2.05) is 19.1 Å². The number of amides is 1. The number of pyridine rings is 1. The first kappa shape index (κ1) is 18.3.